The molecule has 0 radical (unpaired) electrons. The van der Waals surface area contributed by atoms with Gasteiger partial charge in [0.2, 0.25) is 0 Å². The van der Waals surface area contributed by atoms with Crippen LogP contribution in [0.2, 0.25) is 0 Å². The third kappa shape index (κ3) is 8.63. The molecule has 1 unspecified atom stereocenters. The van der Waals surface area contributed by atoms with Crippen molar-refractivity contribution in [3.05, 3.63) is 60.2 Å². The van der Waals surface area contributed by atoms with Gasteiger partial charge in [0.05, 0.1) is 7.11 Å². The van der Waals surface area contributed by atoms with Gasteiger partial charge in [-0.25, -0.2) is 4.79 Å². The van der Waals surface area contributed by atoms with Crippen LogP contribution in [0.4, 0.5) is 0 Å². The van der Waals surface area contributed by atoms with E-state index in [1.807, 2.05) is 30.3 Å². The molecule has 2 aromatic rings. The van der Waals surface area contributed by atoms with Crippen molar-refractivity contribution in [3.8, 4) is 11.5 Å². The Morgan fingerprint density at radius 2 is 1.66 bits per heavy atom. The van der Waals surface area contributed by atoms with Crippen molar-refractivity contribution in [1.29, 1.82) is 0 Å². The van der Waals surface area contributed by atoms with Gasteiger partial charge in [0, 0.05) is 25.2 Å². The van der Waals surface area contributed by atoms with Gasteiger partial charge in [-0.15, -0.1) is 0 Å². The van der Waals surface area contributed by atoms with Crippen LogP contribution in [-0.4, -0.2) is 63.0 Å². The number of ether oxygens (including phenoxy) is 3. The number of benzene rings is 2. The van der Waals surface area contributed by atoms with Gasteiger partial charge in [-0.2, -0.15) is 0 Å². The number of carbonyl (C=O) groups is 2. The summed E-state index contributed by atoms with van der Waals surface area (Å²) in [5.41, 5.74) is 0.478. The second-order valence-electron chi connectivity index (χ2n) is 6.13. The third-order valence-corrected chi connectivity index (χ3v) is 3.85. The Hall–Kier alpha value is -3.10. The maximum absolute atomic E-state index is 12.1. The van der Waals surface area contributed by atoms with Crippen LogP contribution in [0.1, 0.15) is 10.4 Å². The van der Waals surface area contributed by atoms with Gasteiger partial charge in [-0.05, 0) is 36.4 Å². The highest BCUT2D eigenvalue weighted by Crippen LogP contribution is 2.12. The Kier molecular flexibility index (Phi) is 9.47. The van der Waals surface area contributed by atoms with E-state index in [2.05, 4.69) is 15.4 Å². The maximum Gasteiger partial charge on any atom is 0.343 e. The molecule has 8 nitrogen and oxygen atoms in total. The van der Waals surface area contributed by atoms with Gasteiger partial charge in [0.1, 0.15) is 24.2 Å². The highest BCUT2D eigenvalue weighted by Gasteiger charge is 2.07. The van der Waals surface area contributed by atoms with Gasteiger partial charge in [0.15, 0.2) is 6.61 Å². The summed E-state index contributed by atoms with van der Waals surface area (Å²) >= 11 is 0. The first-order valence-electron chi connectivity index (χ1n) is 9.23. The molecule has 1 atom stereocenters. The van der Waals surface area contributed by atoms with E-state index in [-0.39, 0.29) is 19.1 Å². The zero-order valence-electron chi connectivity index (χ0n) is 16.3. The monoisotopic (exact) mass is 402 g/mol. The quantitative estimate of drug-likeness (QED) is 0.359. The number of esters is 1. The molecule has 0 aliphatic rings. The molecule has 2 rings (SSSR count). The molecule has 0 bridgehead atoms. The summed E-state index contributed by atoms with van der Waals surface area (Å²) in [6.07, 6.45) is -0.650. The molecular formula is C21H26N2O6. The fraction of sp³-hybridized carbons (Fsp3) is 0.333. The van der Waals surface area contributed by atoms with E-state index in [0.717, 1.165) is 0 Å². The first-order chi connectivity index (χ1) is 14.1. The van der Waals surface area contributed by atoms with Crippen LogP contribution in [0.25, 0.3) is 0 Å². The standard InChI is InChI=1S/C21H26N2O6/c1-27-20(25)15-29-19-9-7-16(8-10-19)21(26)23-12-11-22-13-17(24)14-28-18-5-3-2-4-6-18/h2-10,17,22,24H,11-15H2,1H3,(H,23,26). The van der Waals surface area contributed by atoms with Crippen molar-refractivity contribution in [2.75, 3.05) is 40.0 Å². The number of aliphatic hydroxyl groups is 1. The molecule has 0 saturated carbocycles. The Morgan fingerprint density at radius 3 is 2.34 bits per heavy atom. The zero-order valence-corrected chi connectivity index (χ0v) is 16.3. The number of nitrogens with one attached hydrogen (secondary N) is 2. The lowest BCUT2D eigenvalue weighted by atomic mass is 10.2. The summed E-state index contributed by atoms with van der Waals surface area (Å²) in [4.78, 5) is 23.1. The highest BCUT2D eigenvalue weighted by molar-refractivity contribution is 5.94. The lowest BCUT2D eigenvalue weighted by molar-refractivity contribution is -0.142. The van der Waals surface area contributed by atoms with Crippen molar-refractivity contribution < 1.29 is 28.9 Å². The number of amides is 1. The zero-order chi connectivity index (χ0) is 20.9. The summed E-state index contributed by atoms with van der Waals surface area (Å²) in [5, 5.41) is 15.7. The lowest BCUT2D eigenvalue weighted by Gasteiger charge is -2.13. The summed E-state index contributed by atoms with van der Waals surface area (Å²) in [6.45, 7) is 1.28. The summed E-state index contributed by atoms with van der Waals surface area (Å²) in [6, 6.07) is 15.7. The van der Waals surface area contributed by atoms with E-state index < -0.39 is 12.1 Å². The van der Waals surface area contributed by atoms with E-state index >= 15 is 0 Å². The molecule has 0 fully saturated rings. The Balaban J connectivity index is 1.58. The van der Waals surface area contributed by atoms with Crippen molar-refractivity contribution in [3.63, 3.8) is 0 Å². The minimum atomic E-state index is -0.650. The van der Waals surface area contributed by atoms with Gasteiger partial charge < -0.3 is 30.0 Å². The summed E-state index contributed by atoms with van der Waals surface area (Å²) in [5.74, 6) is 0.483. The molecule has 3 N–H and O–H groups in total. The predicted octanol–water partition coefficient (Wildman–Crippen LogP) is 0.998. The SMILES string of the molecule is COC(=O)COc1ccc(C(=O)NCCNCC(O)COc2ccccc2)cc1. The first-order valence-corrected chi connectivity index (χ1v) is 9.23. The maximum atomic E-state index is 12.1. The Morgan fingerprint density at radius 1 is 0.966 bits per heavy atom. The largest absolute Gasteiger partial charge is 0.491 e. The summed E-state index contributed by atoms with van der Waals surface area (Å²) < 4.78 is 15.2. The molecule has 0 aromatic heterocycles. The molecular weight excluding hydrogens is 376 g/mol. The van der Waals surface area contributed by atoms with Gasteiger partial charge in [-0.3, -0.25) is 4.79 Å². The van der Waals surface area contributed by atoms with Crippen LogP contribution >= 0.6 is 0 Å². The average Bonchev–Trinajstić information content (AvgIpc) is 2.76. The normalized spacial score (nSPS) is 11.4. The van der Waals surface area contributed by atoms with Crippen molar-refractivity contribution in [2.24, 2.45) is 0 Å². The third-order valence-electron chi connectivity index (χ3n) is 3.85. The minimum Gasteiger partial charge on any atom is -0.491 e. The molecule has 0 spiro atoms. The van der Waals surface area contributed by atoms with E-state index in [9.17, 15) is 14.7 Å². The number of para-hydroxylation sites is 1. The number of hydrogen-bond donors (Lipinski definition) is 3. The van der Waals surface area contributed by atoms with Crippen molar-refractivity contribution >= 4 is 11.9 Å². The van der Waals surface area contributed by atoms with Crippen LogP contribution < -0.4 is 20.1 Å². The Bertz CT molecular complexity index is 752. The summed E-state index contributed by atoms with van der Waals surface area (Å²) in [7, 11) is 1.28. The Labute approximate surface area is 169 Å². The van der Waals surface area contributed by atoms with E-state index in [1.54, 1.807) is 24.3 Å². The smallest absolute Gasteiger partial charge is 0.343 e. The van der Waals surface area contributed by atoms with Crippen LogP contribution in [0.3, 0.4) is 0 Å². The number of hydrogen-bond acceptors (Lipinski definition) is 7. The van der Waals surface area contributed by atoms with Gasteiger partial charge in [0.25, 0.3) is 5.91 Å². The molecule has 1 amide bonds. The second-order valence-corrected chi connectivity index (χ2v) is 6.13. The fourth-order valence-corrected chi connectivity index (χ4v) is 2.31. The predicted molar refractivity (Wildman–Crippen MR) is 107 cm³/mol. The first kappa shape index (κ1) is 22.2. The van der Waals surface area contributed by atoms with Crippen molar-refractivity contribution in [1.82, 2.24) is 10.6 Å². The molecule has 0 aliphatic heterocycles. The van der Waals surface area contributed by atoms with E-state index in [4.69, 9.17) is 9.47 Å². The van der Waals surface area contributed by atoms with Crippen molar-refractivity contribution in [2.45, 2.75) is 6.10 Å². The molecule has 156 valence electrons. The molecule has 0 aliphatic carbocycles. The highest BCUT2D eigenvalue weighted by atomic mass is 16.6. The lowest BCUT2D eigenvalue weighted by Crippen LogP contribution is -2.37. The van der Waals surface area contributed by atoms with Crippen LogP contribution in [0.15, 0.2) is 54.6 Å². The van der Waals surface area contributed by atoms with E-state index in [0.29, 0.717) is 36.7 Å². The number of aliphatic hydroxyl groups excluding tert-OH is 1. The van der Waals surface area contributed by atoms with Crippen LogP contribution in [-0.2, 0) is 9.53 Å². The molecule has 0 saturated heterocycles. The van der Waals surface area contributed by atoms with E-state index in [1.165, 1.54) is 7.11 Å². The molecule has 2 aromatic carbocycles. The number of rotatable bonds is 12. The molecule has 0 heterocycles. The van der Waals surface area contributed by atoms with Gasteiger partial charge in [-0.1, -0.05) is 18.2 Å². The molecule has 29 heavy (non-hydrogen) atoms. The van der Waals surface area contributed by atoms with Crippen LogP contribution in [0, 0.1) is 0 Å². The fourth-order valence-electron chi connectivity index (χ4n) is 2.31. The number of methoxy groups -OCH3 is 1. The van der Waals surface area contributed by atoms with Crippen LogP contribution in [0.5, 0.6) is 11.5 Å². The van der Waals surface area contributed by atoms with Gasteiger partial charge >= 0.3 is 5.97 Å². The second kappa shape index (κ2) is 12.4. The number of carbonyl (C=O) groups excluding carboxylic acids is 2. The molecule has 8 heteroatoms. The topological polar surface area (TPSA) is 106 Å². The minimum absolute atomic E-state index is 0.185. The average molecular weight is 402 g/mol.